The number of H-pyrrole nitrogens is 1. The van der Waals surface area contributed by atoms with Gasteiger partial charge >= 0.3 is 0 Å². The summed E-state index contributed by atoms with van der Waals surface area (Å²) in [5.41, 5.74) is 8.08. The predicted octanol–water partition coefficient (Wildman–Crippen LogP) is 11.6. The third kappa shape index (κ3) is 3.11. The molecule has 1 N–H and O–H groups in total. The van der Waals surface area contributed by atoms with Crippen LogP contribution in [0.4, 0.5) is 0 Å². The zero-order valence-electron chi connectivity index (χ0n) is 24.0. The van der Waals surface area contributed by atoms with Crippen molar-refractivity contribution in [1.29, 1.82) is 0 Å². The Morgan fingerprint density at radius 1 is 0.511 bits per heavy atom. The second-order valence-electron chi connectivity index (χ2n) is 12.1. The number of thiophene rings is 1. The molecule has 3 nitrogen and oxygen atoms in total. The molecule has 0 radical (unpaired) electrons. The molecule has 7 aromatic carbocycles. The standard InChI is InChI=1S/C41H23N3S/c1-2-8-23(9-3-1)32-19-25-18-26(15-14-24(25)22-42-32)44-34-20-33-38(27-10-4-6-12-31(27)43-33)29-16-17-30-39-28-11-5-7-13-36(28)45-37(39)21-35(44)41(30)40(29)34/h1-22,43H. The van der Waals surface area contributed by atoms with Gasteiger partial charge in [0.05, 0.1) is 16.7 Å². The van der Waals surface area contributed by atoms with Gasteiger partial charge in [0.1, 0.15) is 0 Å². The van der Waals surface area contributed by atoms with E-state index in [1.165, 1.54) is 79.9 Å². The van der Waals surface area contributed by atoms with Crippen molar-refractivity contribution < 1.29 is 0 Å². The lowest BCUT2D eigenvalue weighted by atomic mass is 9.96. The number of aromatic amines is 1. The Balaban J connectivity index is 1.31. The van der Waals surface area contributed by atoms with E-state index in [-0.39, 0.29) is 0 Å². The molecule has 0 amide bonds. The largest absolute Gasteiger partial charge is 0.354 e. The summed E-state index contributed by atoms with van der Waals surface area (Å²) in [5, 5.41) is 12.9. The molecule has 4 heterocycles. The van der Waals surface area contributed by atoms with Crippen LogP contribution >= 0.6 is 11.3 Å². The molecule has 0 aliphatic carbocycles. The molecule has 0 fully saturated rings. The van der Waals surface area contributed by atoms with Crippen molar-refractivity contribution in [3.05, 3.63) is 134 Å². The van der Waals surface area contributed by atoms with Crippen molar-refractivity contribution in [1.82, 2.24) is 14.5 Å². The van der Waals surface area contributed by atoms with Crippen LogP contribution < -0.4 is 0 Å². The SMILES string of the molecule is c1ccc(-c2cc3cc(-n4c5cc6[nH]c7ccccc7c6c6ccc7c8c(cc4c7c65)sc4ccccc48)ccc3cn2)cc1. The second-order valence-corrected chi connectivity index (χ2v) is 13.2. The number of fused-ring (bicyclic) bond motifs is 9. The molecule has 0 saturated heterocycles. The van der Waals surface area contributed by atoms with Crippen molar-refractivity contribution in [2.24, 2.45) is 0 Å². The fourth-order valence-corrected chi connectivity index (χ4v) is 8.91. The number of hydrogen-bond donors (Lipinski definition) is 1. The van der Waals surface area contributed by atoms with E-state index in [9.17, 15) is 0 Å². The quantitative estimate of drug-likeness (QED) is 0.200. The molecule has 0 aliphatic rings. The Morgan fingerprint density at radius 2 is 1.27 bits per heavy atom. The summed E-state index contributed by atoms with van der Waals surface area (Å²) < 4.78 is 5.14. The third-order valence-corrected chi connectivity index (χ3v) is 10.8. The van der Waals surface area contributed by atoms with E-state index in [1.54, 1.807) is 0 Å². The van der Waals surface area contributed by atoms with E-state index in [4.69, 9.17) is 4.98 Å². The molecule has 0 bridgehead atoms. The molecular weight excluding hydrogens is 567 g/mol. The number of hydrogen-bond acceptors (Lipinski definition) is 2. The van der Waals surface area contributed by atoms with Gasteiger partial charge in [-0.05, 0) is 58.6 Å². The maximum absolute atomic E-state index is 4.79. The highest BCUT2D eigenvalue weighted by molar-refractivity contribution is 7.26. The summed E-state index contributed by atoms with van der Waals surface area (Å²) in [6.45, 7) is 0. The van der Waals surface area contributed by atoms with Crippen molar-refractivity contribution in [3.63, 3.8) is 0 Å². The number of aromatic nitrogens is 3. The molecule has 4 heteroatoms. The topological polar surface area (TPSA) is 33.6 Å². The lowest BCUT2D eigenvalue weighted by Gasteiger charge is -2.11. The summed E-state index contributed by atoms with van der Waals surface area (Å²) in [4.78, 5) is 8.54. The summed E-state index contributed by atoms with van der Waals surface area (Å²) >= 11 is 1.89. The molecule has 11 aromatic rings. The number of benzene rings is 7. The first-order valence-corrected chi connectivity index (χ1v) is 16.1. The summed E-state index contributed by atoms with van der Waals surface area (Å²) in [6.07, 6.45) is 2.00. The van der Waals surface area contributed by atoms with Crippen LogP contribution in [0.25, 0.3) is 102 Å². The van der Waals surface area contributed by atoms with Crippen LogP contribution in [0.5, 0.6) is 0 Å². The molecule has 0 saturated carbocycles. The maximum Gasteiger partial charge on any atom is 0.0708 e. The van der Waals surface area contributed by atoms with Gasteiger partial charge in [0, 0.05) is 75.6 Å². The zero-order valence-corrected chi connectivity index (χ0v) is 24.8. The van der Waals surface area contributed by atoms with E-state index < -0.39 is 0 Å². The highest BCUT2D eigenvalue weighted by Crippen LogP contribution is 2.48. The van der Waals surface area contributed by atoms with Crippen molar-refractivity contribution in [2.75, 3.05) is 0 Å². The van der Waals surface area contributed by atoms with Crippen LogP contribution in [-0.4, -0.2) is 14.5 Å². The normalized spacial score (nSPS) is 12.4. The number of para-hydroxylation sites is 1. The Kier molecular flexibility index (Phi) is 4.46. The van der Waals surface area contributed by atoms with Gasteiger partial charge in [0.15, 0.2) is 0 Å². The van der Waals surface area contributed by atoms with Crippen molar-refractivity contribution in [3.8, 4) is 16.9 Å². The zero-order chi connectivity index (χ0) is 29.2. The van der Waals surface area contributed by atoms with Gasteiger partial charge in [0.25, 0.3) is 0 Å². The maximum atomic E-state index is 4.79. The Labute approximate surface area is 260 Å². The number of pyridine rings is 1. The van der Waals surface area contributed by atoms with E-state index >= 15 is 0 Å². The molecule has 0 unspecified atom stereocenters. The minimum Gasteiger partial charge on any atom is -0.354 e. The van der Waals surface area contributed by atoms with Gasteiger partial charge in [-0.25, -0.2) is 0 Å². The van der Waals surface area contributed by atoms with Gasteiger partial charge < -0.3 is 9.55 Å². The molecule has 4 aromatic heterocycles. The van der Waals surface area contributed by atoms with Gasteiger partial charge in [-0.15, -0.1) is 11.3 Å². The molecule has 11 rings (SSSR count). The minimum absolute atomic E-state index is 0.987. The molecule has 208 valence electrons. The number of nitrogens with one attached hydrogen (secondary N) is 1. The molecule has 0 atom stereocenters. The van der Waals surface area contributed by atoms with Gasteiger partial charge in [-0.1, -0.05) is 84.9 Å². The second kappa shape index (κ2) is 8.47. The van der Waals surface area contributed by atoms with Crippen LogP contribution in [0.15, 0.2) is 134 Å². The first-order valence-electron chi connectivity index (χ1n) is 15.3. The Morgan fingerprint density at radius 3 is 2.16 bits per heavy atom. The van der Waals surface area contributed by atoms with Gasteiger partial charge in [0.2, 0.25) is 0 Å². The molecule has 0 aliphatic heterocycles. The Hall–Kier alpha value is -5.71. The summed E-state index contributed by atoms with van der Waals surface area (Å²) in [7, 11) is 0. The summed E-state index contributed by atoms with van der Waals surface area (Å²) in [5.74, 6) is 0. The van der Waals surface area contributed by atoms with Crippen LogP contribution in [-0.2, 0) is 0 Å². The Bertz CT molecular complexity index is 2840. The van der Waals surface area contributed by atoms with Crippen LogP contribution in [0.2, 0.25) is 0 Å². The van der Waals surface area contributed by atoms with Crippen LogP contribution in [0, 0.1) is 0 Å². The van der Waals surface area contributed by atoms with Gasteiger partial charge in [-0.2, -0.15) is 0 Å². The fraction of sp³-hybridized carbons (Fsp3) is 0. The monoisotopic (exact) mass is 589 g/mol. The number of nitrogens with zero attached hydrogens (tertiary/aromatic N) is 2. The van der Waals surface area contributed by atoms with E-state index in [1.807, 2.05) is 23.6 Å². The third-order valence-electron chi connectivity index (χ3n) is 9.68. The lowest BCUT2D eigenvalue weighted by molar-refractivity contribution is 1.19. The van der Waals surface area contributed by atoms with Gasteiger partial charge in [-0.3, -0.25) is 4.98 Å². The molecule has 0 spiro atoms. The first-order chi connectivity index (χ1) is 22.3. The summed E-state index contributed by atoms with van der Waals surface area (Å²) in [6, 6.07) is 46.5. The fourth-order valence-electron chi connectivity index (χ4n) is 7.76. The molecular formula is C41H23N3S. The smallest absolute Gasteiger partial charge is 0.0708 e. The minimum atomic E-state index is 0.987. The average molecular weight is 590 g/mol. The average Bonchev–Trinajstić information content (AvgIpc) is 3.76. The van der Waals surface area contributed by atoms with Crippen LogP contribution in [0.3, 0.4) is 0 Å². The predicted molar refractivity (Wildman–Crippen MR) is 192 cm³/mol. The van der Waals surface area contributed by atoms with E-state index in [0.717, 1.165) is 22.3 Å². The van der Waals surface area contributed by atoms with E-state index in [0.29, 0.717) is 0 Å². The van der Waals surface area contributed by atoms with E-state index in [2.05, 4.69) is 131 Å². The first kappa shape index (κ1) is 23.7. The van der Waals surface area contributed by atoms with Crippen molar-refractivity contribution in [2.45, 2.75) is 0 Å². The number of rotatable bonds is 2. The van der Waals surface area contributed by atoms with Crippen LogP contribution in [0.1, 0.15) is 0 Å². The highest BCUT2D eigenvalue weighted by atomic mass is 32.1. The highest BCUT2D eigenvalue weighted by Gasteiger charge is 2.23. The van der Waals surface area contributed by atoms with Crippen molar-refractivity contribution >= 4 is 96.7 Å². The lowest BCUT2D eigenvalue weighted by Crippen LogP contribution is -1.94. The molecule has 45 heavy (non-hydrogen) atoms.